The average molecular weight is 404 g/mol. The maximum Gasteiger partial charge on any atom is 0.303 e. The normalized spacial score (nSPS) is 26.1. The fourth-order valence-electron chi connectivity index (χ4n) is 3.56. The second kappa shape index (κ2) is 13.8. The number of aliphatic carboxylic acids is 1. The Kier molecular flexibility index (Phi) is 11.8. The minimum absolute atomic E-state index is 0.00986. The fraction of sp³-hybridized carbons (Fsp3) is 0.682. The Balaban J connectivity index is 2.73. The van der Waals surface area contributed by atoms with Gasteiger partial charge in [-0.15, -0.1) is 11.8 Å². The lowest BCUT2D eigenvalue weighted by molar-refractivity contribution is -0.137. The Morgan fingerprint density at radius 3 is 2.79 bits per heavy atom. The van der Waals surface area contributed by atoms with Gasteiger partial charge in [0, 0.05) is 36.1 Å². The molecular formula is C22H33N3O4. The van der Waals surface area contributed by atoms with Crippen LogP contribution in [0.1, 0.15) is 58.8 Å². The zero-order chi connectivity index (χ0) is 21.6. The van der Waals surface area contributed by atoms with Gasteiger partial charge in [0.1, 0.15) is 0 Å². The molecule has 1 saturated carbocycles. The minimum Gasteiger partial charge on any atom is -0.481 e. The molecule has 0 radical (unpaired) electrons. The number of carboxylic acids is 1. The van der Waals surface area contributed by atoms with Crippen LogP contribution in [0, 0.1) is 29.6 Å². The SMILES string of the molecule is CCC#CCC(C)[C@H](O)/C=C/[C@@H]1[C@@H](C/C=C\CCCC(=O)O)[C@@H](N=[N+]=[N-])C[C@H]1O. The second-order valence-electron chi connectivity index (χ2n) is 7.57. The molecule has 6 atom stereocenters. The van der Waals surface area contributed by atoms with Crippen LogP contribution in [-0.4, -0.2) is 39.5 Å². The van der Waals surface area contributed by atoms with Crippen LogP contribution in [0.4, 0.5) is 0 Å². The summed E-state index contributed by atoms with van der Waals surface area (Å²) in [5, 5.41) is 33.3. The van der Waals surface area contributed by atoms with Crippen molar-refractivity contribution in [1.29, 1.82) is 0 Å². The highest BCUT2D eigenvalue weighted by atomic mass is 16.4. The lowest BCUT2D eigenvalue weighted by Crippen LogP contribution is -2.21. The van der Waals surface area contributed by atoms with Gasteiger partial charge in [-0.25, -0.2) is 0 Å². The van der Waals surface area contributed by atoms with Gasteiger partial charge in [-0.05, 0) is 43.1 Å². The van der Waals surface area contributed by atoms with Gasteiger partial charge >= 0.3 is 5.97 Å². The molecule has 0 amide bonds. The molecule has 160 valence electrons. The van der Waals surface area contributed by atoms with Crippen molar-refractivity contribution >= 4 is 5.97 Å². The summed E-state index contributed by atoms with van der Waals surface area (Å²) in [5.74, 6) is 4.95. The largest absolute Gasteiger partial charge is 0.481 e. The molecule has 0 heterocycles. The minimum atomic E-state index is -0.806. The fourth-order valence-corrected chi connectivity index (χ4v) is 3.56. The van der Waals surface area contributed by atoms with Gasteiger partial charge in [0.25, 0.3) is 0 Å². The summed E-state index contributed by atoms with van der Waals surface area (Å²) in [5.41, 5.74) is 8.84. The van der Waals surface area contributed by atoms with Crippen LogP contribution in [-0.2, 0) is 4.79 Å². The number of nitrogens with zero attached hydrogens (tertiary/aromatic N) is 3. The van der Waals surface area contributed by atoms with Crippen LogP contribution in [0.15, 0.2) is 29.4 Å². The van der Waals surface area contributed by atoms with E-state index >= 15 is 0 Å². The number of carboxylic acid groups (broad SMARTS) is 1. The molecule has 0 spiro atoms. The Hall–Kier alpha value is -2.26. The molecule has 3 N–H and O–H groups in total. The van der Waals surface area contributed by atoms with Crippen molar-refractivity contribution in [3.63, 3.8) is 0 Å². The molecule has 1 fully saturated rings. The lowest BCUT2D eigenvalue weighted by Gasteiger charge is -2.21. The van der Waals surface area contributed by atoms with Crippen molar-refractivity contribution in [2.24, 2.45) is 22.9 Å². The number of allylic oxidation sites excluding steroid dienone is 2. The molecule has 1 aliphatic carbocycles. The van der Waals surface area contributed by atoms with E-state index in [4.69, 9.17) is 10.6 Å². The molecule has 7 nitrogen and oxygen atoms in total. The van der Waals surface area contributed by atoms with Gasteiger partial charge < -0.3 is 15.3 Å². The van der Waals surface area contributed by atoms with Crippen molar-refractivity contribution in [1.82, 2.24) is 0 Å². The Labute approximate surface area is 173 Å². The average Bonchev–Trinajstić information content (AvgIpc) is 2.97. The van der Waals surface area contributed by atoms with Gasteiger partial charge in [-0.2, -0.15) is 0 Å². The van der Waals surface area contributed by atoms with E-state index in [-0.39, 0.29) is 30.2 Å². The summed E-state index contributed by atoms with van der Waals surface area (Å²) in [6.07, 6.45) is 9.97. The number of hydrogen-bond donors (Lipinski definition) is 3. The van der Waals surface area contributed by atoms with E-state index in [1.54, 1.807) is 6.08 Å². The first kappa shape index (κ1) is 24.8. The van der Waals surface area contributed by atoms with E-state index in [9.17, 15) is 15.0 Å². The highest BCUT2D eigenvalue weighted by Crippen LogP contribution is 2.38. The summed E-state index contributed by atoms with van der Waals surface area (Å²) in [6.45, 7) is 3.92. The number of hydrogen-bond acceptors (Lipinski definition) is 4. The van der Waals surface area contributed by atoms with E-state index in [2.05, 4.69) is 21.9 Å². The van der Waals surface area contributed by atoms with E-state index in [1.807, 2.05) is 32.1 Å². The van der Waals surface area contributed by atoms with Crippen LogP contribution in [0.3, 0.4) is 0 Å². The molecule has 0 aromatic rings. The highest BCUT2D eigenvalue weighted by molar-refractivity contribution is 5.66. The third-order valence-electron chi connectivity index (χ3n) is 5.29. The molecule has 0 aromatic heterocycles. The first-order valence-electron chi connectivity index (χ1n) is 10.3. The van der Waals surface area contributed by atoms with Crippen LogP contribution < -0.4 is 0 Å². The predicted octanol–water partition coefficient (Wildman–Crippen LogP) is 4.22. The Morgan fingerprint density at radius 2 is 2.14 bits per heavy atom. The zero-order valence-electron chi connectivity index (χ0n) is 17.3. The van der Waals surface area contributed by atoms with Crippen LogP contribution in [0.2, 0.25) is 0 Å². The standard InChI is InChI=1S/C22H33N3O4/c1-3-4-7-10-16(2)20(26)14-13-18-17(19(24-25-23)15-21(18)27)11-8-5-6-9-12-22(28)29/h5,8,13-14,16-21,26-27H,3,6,9-12,15H2,1-2H3,(H,28,29)/b8-5-,14-13+/t16?,17-,18-,19+,20-,21-/m1/s1. The smallest absolute Gasteiger partial charge is 0.303 e. The molecule has 0 aliphatic heterocycles. The summed E-state index contributed by atoms with van der Waals surface area (Å²) < 4.78 is 0. The summed E-state index contributed by atoms with van der Waals surface area (Å²) >= 11 is 0. The number of azide groups is 1. The first-order chi connectivity index (χ1) is 13.9. The van der Waals surface area contributed by atoms with E-state index < -0.39 is 18.2 Å². The molecule has 1 aliphatic rings. The predicted molar refractivity (Wildman–Crippen MR) is 113 cm³/mol. The van der Waals surface area contributed by atoms with Crippen molar-refractivity contribution in [2.75, 3.05) is 0 Å². The van der Waals surface area contributed by atoms with Gasteiger partial charge in [-0.3, -0.25) is 4.79 Å². The topological polar surface area (TPSA) is 127 Å². The molecule has 0 saturated heterocycles. The molecule has 1 rings (SSSR count). The number of aliphatic hydroxyl groups excluding tert-OH is 2. The lowest BCUT2D eigenvalue weighted by atomic mass is 9.88. The molecule has 7 heteroatoms. The summed E-state index contributed by atoms with van der Waals surface area (Å²) in [6, 6.07) is -0.307. The number of aliphatic hydroxyl groups is 2. The van der Waals surface area contributed by atoms with Crippen molar-refractivity contribution in [2.45, 2.75) is 77.0 Å². The Morgan fingerprint density at radius 1 is 1.38 bits per heavy atom. The number of carbonyl (C=O) groups is 1. The van der Waals surface area contributed by atoms with Crippen molar-refractivity contribution in [3.8, 4) is 11.8 Å². The second-order valence-corrected chi connectivity index (χ2v) is 7.57. The van der Waals surface area contributed by atoms with E-state index in [1.165, 1.54) is 0 Å². The third kappa shape index (κ3) is 9.19. The van der Waals surface area contributed by atoms with Crippen LogP contribution >= 0.6 is 0 Å². The Bertz CT molecular complexity index is 673. The quantitative estimate of drug-likeness (QED) is 0.119. The maximum absolute atomic E-state index is 10.5. The van der Waals surface area contributed by atoms with Crippen molar-refractivity contribution in [3.05, 3.63) is 34.7 Å². The summed E-state index contributed by atoms with van der Waals surface area (Å²) in [4.78, 5) is 13.5. The molecule has 1 unspecified atom stereocenters. The van der Waals surface area contributed by atoms with Gasteiger partial charge in [0.05, 0.1) is 12.2 Å². The number of unbranched alkanes of at least 4 members (excludes halogenated alkanes) is 1. The van der Waals surface area contributed by atoms with Gasteiger partial charge in [0.2, 0.25) is 0 Å². The third-order valence-corrected chi connectivity index (χ3v) is 5.29. The van der Waals surface area contributed by atoms with Crippen LogP contribution in [0.25, 0.3) is 10.4 Å². The van der Waals surface area contributed by atoms with E-state index in [0.717, 1.165) is 6.42 Å². The first-order valence-corrected chi connectivity index (χ1v) is 10.3. The van der Waals surface area contributed by atoms with Crippen LogP contribution in [0.5, 0.6) is 0 Å². The molecular weight excluding hydrogens is 370 g/mol. The highest BCUT2D eigenvalue weighted by Gasteiger charge is 2.40. The molecule has 29 heavy (non-hydrogen) atoms. The van der Waals surface area contributed by atoms with E-state index in [0.29, 0.717) is 32.1 Å². The molecule has 0 bridgehead atoms. The monoisotopic (exact) mass is 403 g/mol. The number of rotatable bonds is 11. The van der Waals surface area contributed by atoms with Gasteiger partial charge in [-0.1, -0.05) is 43.3 Å². The maximum atomic E-state index is 10.5. The zero-order valence-corrected chi connectivity index (χ0v) is 17.3. The summed E-state index contributed by atoms with van der Waals surface area (Å²) in [7, 11) is 0. The molecule has 0 aromatic carbocycles. The van der Waals surface area contributed by atoms with Crippen molar-refractivity contribution < 1.29 is 20.1 Å². The van der Waals surface area contributed by atoms with Gasteiger partial charge in [0.15, 0.2) is 0 Å².